The molecular weight excluding hydrogens is 671 g/mol. The molecule has 0 saturated carbocycles. The summed E-state index contributed by atoms with van der Waals surface area (Å²) < 4.78 is 11.5. The van der Waals surface area contributed by atoms with Crippen LogP contribution in [0.5, 0.6) is 0 Å². The Bertz CT molecular complexity index is 786. The van der Waals surface area contributed by atoms with Gasteiger partial charge in [-0.05, 0) is 102 Å². The van der Waals surface area contributed by atoms with Gasteiger partial charge in [0.15, 0.2) is 0 Å². The number of nitrogens with zero attached hydrogens (tertiary/aromatic N) is 1. The Morgan fingerprint density at radius 1 is 0.500 bits per heavy atom. The molecule has 0 saturated heterocycles. The lowest BCUT2D eigenvalue weighted by Gasteiger charge is -2.30. The predicted molar refractivity (Wildman–Crippen MR) is 232 cm³/mol. The van der Waals surface area contributed by atoms with Crippen molar-refractivity contribution in [1.29, 1.82) is 0 Å². The largest absolute Gasteiger partial charge is 0.466 e. The first-order chi connectivity index (χ1) is 26.3. The molecular formula is C48H95NO5. The fourth-order valence-electron chi connectivity index (χ4n) is 7.51. The Morgan fingerprint density at radius 2 is 0.944 bits per heavy atom. The SMILES string of the molecule is CCCCCCCCCOC(=O)CCCCCCCN(CCCCO)CCC(C)(C)CCCCC(=O)OC(CCCCCCCC)CCCCCCCC. The predicted octanol–water partition coefficient (Wildman–Crippen LogP) is 14.1. The van der Waals surface area contributed by atoms with E-state index in [1.807, 2.05) is 0 Å². The Hall–Kier alpha value is -1.14. The molecule has 6 nitrogen and oxygen atoms in total. The highest BCUT2D eigenvalue weighted by Gasteiger charge is 2.20. The third-order valence-corrected chi connectivity index (χ3v) is 11.4. The summed E-state index contributed by atoms with van der Waals surface area (Å²) in [5.74, 6) is -0.00611. The van der Waals surface area contributed by atoms with Crippen molar-refractivity contribution in [3.63, 3.8) is 0 Å². The van der Waals surface area contributed by atoms with Gasteiger partial charge in [0.2, 0.25) is 0 Å². The molecule has 0 spiro atoms. The molecule has 0 aromatic heterocycles. The average Bonchev–Trinajstić information content (AvgIpc) is 3.15. The van der Waals surface area contributed by atoms with Crippen LogP contribution in [0.4, 0.5) is 0 Å². The highest BCUT2D eigenvalue weighted by Crippen LogP contribution is 2.29. The highest BCUT2D eigenvalue weighted by atomic mass is 16.5. The number of hydrogen-bond donors (Lipinski definition) is 1. The summed E-state index contributed by atoms with van der Waals surface area (Å²) in [6.45, 7) is 15.6. The minimum absolute atomic E-state index is 0.0172. The van der Waals surface area contributed by atoms with Crippen LogP contribution >= 0.6 is 0 Å². The molecule has 0 heterocycles. The molecule has 0 atom stereocenters. The van der Waals surface area contributed by atoms with Gasteiger partial charge in [0.25, 0.3) is 0 Å². The maximum Gasteiger partial charge on any atom is 0.306 e. The summed E-state index contributed by atoms with van der Waals surface area (Å²) in [5.41, 5.74) is 0.237. The zero-order valence-corrected chi connectivity index (χ0v) is 37.2. The summed E-state index contributed by atoms with van der Waals surface area (Å²) in [5, 5.41) is 9.35. The molecule has 0 aliphatic heterocycles. The summed E-state index contributed by atoms with van der Waals surface area (Å²) in [4.78, 5) is 27.6. The fourth-order valence-corrected chi connectivity index (χ4v) is 7.51. The highest BCUT2D eigenvalue weighted by molar-refractivity contribution is 5.69. The maximum absolute atomic E-state index is 12.9. The Balaban J connectivity index is 4.35. The molecule has 0 aliphatic rings. The standard InChI is InChI=1S/C48H95NO5/c1-6-9-12-15-18-24-33-44-53-46(51)36-27-22-19-23-30-40-49(41-31-32-43-50)42-39-48(4,5)38-29-28-37-47(52)54-45(34-25-20-16-13-10-7-2)35-26-21-17-14-11-8-3/h45,50H,6-44H2,1-5H3. The van der Waals surface area contributed by atoms with Gasteiger partial charge in [-0.15, -0.1) is 0 Å². The summed E-state index contributed by atoms with van der Waals surface area (Å²) in [6, 6.07) is 0. The van der Waals surface area contributed by atoms with Crippen LogP contribution < -0.4 is 0 Å². The molecule has 0 fully saturated rings. The smallest absolute Gasteiger partial charge is 0.306 e. The van der Waals surface area contributed by atoms with Crippen LogP contribution in [-0.2, 0) is 19.1 Å². The van der Waals surface area contributed by atoms with Gasteiger partial charge < -0.3 is 19.5 Å². The van der Waals surface area contributed by atoms with Gasteiger partial charge in [0.05, 0.1) is 6.61 Å². The van der Waals surface area contributed by atoms with Gasteiger partial charge in [0.1, 0.15) is 6.10 Å². The van der Waals surface area contributed by atoms with Crippen LogP contribution in [0.3, 0.4) is 0 Å². The number of rotatable bonds is 43. The summed E-state index contributed by atoms with van der Waals surface area (Å²) in [6.07, 6.45) is 39.1. The molecule has 0 radical (unpaired) electrons. The summed E-state index contributed by atoms with van der Waals surface area (Å²) >= 11 is 0. The van der Waals surface area contributed by atoms with Crippen molar-refractivity contribution < 1.29 is 24.2 Å². The molecule has 322 valence electrons. The number of esters is 2. The molecule has 54 heavy (non-hydrogen) atoms. The minimum Gasteiger partial charge on any atom is -0.466 e. The van der Waals surface area contributed by atoms with Gasteiger partial charge in [-0.2, -0.15) is 0 Å². The van der Waals surface area contributed by atoms with Crippen LogP contribution in [-0.4, -0.2) is 60.9 Å². The molecule has 0 rings (SSSR count). The monoisotopic (exact) mass is 766 g/mol. The lowest BCUT2D eigenvalue weighted by molar-refractivity contribution is -0.150. The van der Waals surface area contributed by atoms with Crippen molar-refractivity contribution in [3.05, 3.63) is 0 Å². The van der Waals surface area contributed by atoms with Crippen LogP contribution in [0.25, 0.3) is 0 Å². The second-order valence-corrected chi connectivity index (χ2v) is 17.5. The Morgan fingerprint density at radius 3 is 1.50 bits per heavy atom. The molecule has 6 heteroatoms. The van der Waals surface area contributed by atoms with E-state index in [0.29, 0.717) is 19.4 Å². The lowest BCUT2D eigenvalue weighted by Crippen LogP contribution is -2.30. The zero-order chi connectivity index (χ0) is 39.8. The van der Waals surface area contributed by atoms with Crippen LogP contribution in [0, 0.1) is 5.41 Å². The van der Waals surface area contributed by atoms with Crippen molar-refractivity contribution in [3.8, 4) is 0 Å². The van der Waals surface area contributed by atoms with E-state index in [9.17, 15) is 14.7 Å². The van der Waals surface area contributed by atoms with E-state index in [1.54, 1.807) is 0 Å². The van der Waals surface area contributed by atoms with E-state index in [1.165, 1.54) is 135 Å². The van der Waals surface area contributed by atoms with E-state index >= 15 is 0 Å². The first-order valence-corrected chi connectivity index (χ1v) is 24.0. The van der Waals surface area contributed by atoms with Gasteiger partial charge >= 0.3 is 11.9 Å². The van der Waals surface area contributed by atoms with Gasteiger partial charge in [0, 0.05) is 19.4 Å². The quantitative estimate of drug-likeness (QED) is 0.0492. The van der Waals surface area contributed by atoms with E-state index in [4.69, 9.17) is 9.47 Å². The first-order valence-electron chi connectivity index (χ1n) is 24.0. The van der Waals surface area contributed by atoms with Gasteiger partial charge in [-0.1, -0.05) is 163 Å². The van der Waals surface area contributed by atoms with Gasteiger partial charge in [-0.3, -0.25) is 9.59 Å². The van der Waals surface area contributed by atoms with Crippen LogP contribution in [0.15, 0.2) is 0 Å². The number of hydrogen-bond acceptors (Lipinski definition) is 6. The average molecular weight is 766 g/mol. The van der Waals surface area contributed by atoms with Crippen molar-refractivity contribution >= 4 is 11.9 Å². The van der Waals surface area contributed by atoms with Gasteiger partial charge in [-0.25, -0.2) is 0 Å². The van der Waals surface area contributed by atoms with E-state index < -0.39 is 0 Å². The number of unbranched alkanes of at least 4 members (excludes halogenated alkanes) is 22. The second kappa shape index (κ2) is 40.1. The van der Waals surface area contributed by atoms with Crippen molar-refractivity contribution in [1.82, 2.24) is 4.90 Å². The molecule has 0 amide bonds. The number of ether oxygens (including phenoxy) is 2. The lowest BCUT2D eigenvalue weighted by atomic mass is 9.83. The number of carbonyl (C=O) groups is 2. The Labute approximate surface area is 337 Å². The van der Waals surface area contributed by atoms with E-state index in [-0.39, 0.29) is 30.1 Å². The number of carbonyl (C=O) groups excluding carboxylic acids is 2. The third kappa shape index (κ3) is 37.8. The van der Waals surface area contributed by atoms with E-state index in [2.05, 4.69) is 39.5 Å². The zero-order valence-electron chi connectivity index (χ0n) is 37.2. The molecule has 0 aromatic carbocycles. The van der Waals surface area contributed by atoms with Crippen LogP contribution in [0.2, 0.25) is 0 Å². The van der Waals surface area contributed by atoms with Crippen molar-refractivity contribution in [2.24, 2.45) is 5.41 Å². The molecule has 0 unspecified atom stereocenters. The first kappa shape index (κ1) is 52.9. The second-order valence-electron chi connectivity index (χ2n) is 17.5. The number of aliphatic hydroxyl groups is 1. The Kier molecular flexibility index (Phi) is 39.2. The number of aliphatic hydroxyl groups excluding tert-OH is 1. The molecule has 1 N–H and O–H groups in total. The van der Waals surface area contributed by atoms with Crippen molar-refractivity contribution in [2.75, 3.05) is 32.8 Å². The topological polar surface area (TPSA) is 76.1 Å². The fraction of sp³-hybridized carbons (Fsp3) is 0.958. The minimum atomic E-state index is -0.0233. The summed E-state index contributed by atoms with van der Waals surface area (Å²) in [7, 11) is 0. The van der Waals surface area contributed by atoms with E-state index in [0.717, 1.165) is 90.3 Å². The molecule has 0 aliphatic carbocycles. The molecule has 0 aromatic rings. The maximum atomic E-state index is 12.9. The van der Waals surface area contributed by atoms with Crippen molar-refractivity contribution in [2.45, 2.75) is 259 Å². The normalized spacial score (nSPS) is 11.9. The van der Waals surface area contributed by atoms with Crippen LogP contribution in [0.1, 0.15) is 253 Å². The third-order valence-electron chi connectivity index (χ3n) is 11.4. The molecule has 0 bridgehead atoms.